The number of hydrogen-bond acceptors (Lipinski definition) is 3. The molecule has 0 aliphatic carbocycles. The van der Waals surface area contributed by atoms with E-state index in [1.54, 1.807) is 0 Å². The van der Waals surface area contributed by atoms with Gasteiger partial charge in [0.15, 0.2) is 0 Å². The van der Waals surface area contributed by atoms with E-state index in [0.29, 0.717) is 6.54 Å². The van der Waals surface area contributed by atoms with Crippen LogP contribution < -0.4 is 11.1 Å². The number of nitrogens with two attached hydrogens (primary N) is 1. The molecular formula is C19H31ClN2O2. The largest absolute Gasteiger partial charge is 0.381 e. The molecule has 1 aliphatic rings. The molecule has 0 radical (unpaired) electrons. The van der Waals surface area contributed by atoms with Crippen molar-refractivity contribution in [2.24, 2.45) is 11.7 Å². The van der Waals surface area contributed by atoms with Crippen molar-refractivity contribution in [3.63, 3.8) is 0 Å². The van der Waals surface area contributed by atoms with E-state index in [-0.39, 0.29) is 29.6 Å². The molecule has 4 nitrogen and oxygen atoms in total. The maximum atomic E-state index is 12.4. The number of nitrogens with one attached hydrogen (secondary N) is 1. The third-order valence-electron chi connectivity index (χ3n) is 5.33. The number of hydrogen-bond donors (Lipinski definition) is 2. The van der Waals surface area contributed by atoms with Gasteiger partial charge in [0.05, 0.1) is 6.04 Å². The molecule has 1 heterocycles. The Balaban J connectivity index is 0.00000288. The molecule has 0 saturated carbocycles. The lowest BCUT2D eigenvalue weighted by Crippen LogP contribution is -2.50. The van der Waals surface area contributed by atoms with Crippen molar-refractivity contribution in [1.82, 2.24) is 5.32 Å². The van der Waals surface area contributed by atoms with E-state index >= 15 is 0 Å². The number of carbonyl (C=O) groups excluding carboxylic acids is 1. The maximum absolute atomic E-state index is 12.4. The number of halogens is 1. The Morgan fingerprint density at radius 3 is 2.54 bits per heavy atom. The van der Waals surface area contributed by atoms with Crippen molar-refractivity contribution < 1.29 is 9.53 Å². The summed E-state index contributed by atoms with van der Waals surface area (Å²) in [6.45, 7) is 8.33. The minimum Gasteiger partial charge on any atom is -0.381 e. The Hall–Kier alpha value is -1.10. The van der Waals surface area contributed by atoms with Crippen molar-refractivity contribution in [1.29, 1.82) is 0 Å². The van der Waals surface area contributed by atoms with Crippen LogP contribution in [-0.2, 0) is 14.9 Å². The lowest BCUT2D eigenvalue weighted by Gasteiger charge is -2.39. The summed E-state index contributed by atoms with van der Waals surface area (Å²) in [5.41, 5.74) is 8.61. The maximum Gasteiger partial charge on any atom is 0.237 e. The molecule has 0 spiro atoms. The van der Waals surface area contributed by atoms with Gasteiger partial charge in [-0.1, -0.05) is 44.5 Å². The van der Waals surface area contributed by atoms with E-state index in [9.17, 15) is 4.79 Å². The predicted octanol–water partition coefficient (Wildman–Crippen LogP) is 2.95. The molecule has 1 amide bonds. The van der Waals surface area contributed by atoms with Crippen LogP contribution in [0.25, 0.3) is 0 Å². The van der Waals surface area contributed by atoms with Crippen molar-refractivity contribution in [2.45, 2.75) is 51.5 Å². The van der Waals surface area contributed by atoms with E-state index in [1.807, 2.05) is 6.92 Å². The number of carbonyl (C=O) groups is 1. The molecule has 1 aromatic carbocycles. The first-order valence-electron chi connectivity index (χ1n) is 8.67. The second kappa shape index (κ2) is 9.40. The molecule has 24 heavy (non-hydrogen) atoms. The molecule has 1 aliphatic heterocycles. The molecule has 136 valence electrons. The van der Waals surface area contributed by atoms with Gasteiger partial charge in [0.1, 0.15) is 0 Å². The second-order valence-corrected chi connectivity index (χ2v) is 6.84. The van der Waals surface area contributed by atoms with Crippen molar-refractivity contribution in [3.05, 3.63) is 35.4 Å². The molecule has 2 atom stereocenters. The minimum atomic E-state index is -0.436. The van der Waals surface area contributed by atoms with Crippen molar-refractivity contribution in [3.8, 4) is 0 Å². The average Bonchev–Trinajstić information content (AvgIpc) is 2.59. The van der Waals surface area contributed by atoms with Crippen LogP contribution in [0.15, 0.2) is 24.3 Å². The molecule has 2 unspecified atom stereocenters. The van der Waals surface area contributed by atoms with Gasteiger partial charge in [-0.15, -0.1) is 12.4 Å². The van der Waals surface area contributed by atoms with Crippen molar-refractivity contribution in [2.75, 3.05) is 19.8 Å². The summed E-state index contributed by atoms with van der Waals surface area (Å²) >= 11 is 0. The monoisotopic (exact) mass is 354 g/mol. The minimum absolute atomic E-state index is 0. The summed E-state index contributed by atoms with van der Waals surface area (Å²) in [6.07, 6.45) is 2.76. The summed E-state index contributed by atoms with van der Waals surface area (Å²) in [4.78, 5) is 12.4. The molecule has 1 saturated heterocycles. The first-order valence-corrected chi connectivity index (χ1v) is 8.67. The van der Waals surface area contributed by atoms with Crippen LogP contribution in [0, 0.1) is 12.8 Å². The standard InChI is InChI=1S/C19H30N2O2.ClH/c1-4-14(2)17(20)18(22)21-13-19(9-11-23-12-10-19)16-8-6-5-7-15(16)3;/h5-8,14,17H,4,9-13,20H2,1-3H3,(H,21,22);1H. The van der Waals surface area contributed by atoms with Gasteiger partial charge in [0.2, 0.25) is 5.91 Å². The quantitative estimate of drug-likeness (QED) is 0.825. The van der Waals surface area contributed by atoms with Gasteiger partial charge in [-0.25, -0.2) is 0 Å². The van der Waals surface area contributed by atoms with Crippen LogP contribution >= 0.6 is 12.4 Å². The van der Waals surface area contributed by atoms with Gasteiger partial charge in [0.25, 0.3) is 0 Å². The summed E-state index contributed by atoms with van der Waals surface area (Å²) in [7, 11) is 0. The third-order valence-corrected chi connectivity index (χ3v) is 5.33. The highest BCUT2D eigenvalue weighted by molar-refractivity contribution is 5.85. The highest BCUT2D eigenvalue weighted by Crippen LogP contribution is 2.36. The van der Waals surface area contributed by atoms with Gasteiger partial charge in [-0.2, -0.15) is 0 Å². The highest BCUT2D eigenvalue weighted by atomic mass is 35.5. The number of amides is 1. The van der Waals surface area contributed by atoms with Crippen molar-refractivity contribution >= 4 is 18.3 Å². The van der Waals surface area contributed by atoms with E-state index < -0.39 is 6.04 Å². The fraction of sp³-hybridized carbons (Fsp3) is 0.632. The Labute approximate surface area is 151 Å². The lowest BCUT2D eigenvalue weighted by atomic mass is 9.72. The number of aryl methyl sites for hydroxylation is 1. The van der Waals surface area contributed by atoms with E-state index in [1.165, 1.54) is 11.1 Å². The summed E-state index contributed by atoms with van der Waals surface area (Å²) in [5, 5.41) is 3.11. The molecule has 0 aromatic heterocycles. The molecule has 3 N–H and O–H groups in total. The number of ether oxygens (including phenoxy) is 1. The SMILES string of the molecule is CCC(C)C(N)C(=O)NCC1(c2ccccc2C)CCOCC1.Cl. The number of rotatable bonds is 6. The Morgan fingerprint density at radius 2 is 1.96 bits per heavy atom. The lowest BCUT2D eigenvalue weighted by molar-refractivity contribution is -0.123. The zero-order valence-electron chi connectivity index (χ0n) is 15.0. The van der Waals surface area contributed by atoms with Crippen LogP contribution in [0.4, 0.5) is 0 Å². The van der Waals surface area contributed by atoms with E-state index in [2.05, 4.69) is 43.4 Å². The topological polar surface area (TPSA) is 64.4 Å². The van der Waals surface area contributed by atoms with Crippen LogP contribution in [0.1, 0.15) is 44.2 Å². The Bertz CT molecular complexity index is 530. The zero-order chi connectivity index (χ0) is 16.9. The van der Waals surface area contributed by atoms with Crippen LogP contribution in [0.2, 0.25) is 0 Å². The van der Waals surface area contributed by atoms with Gasteiger partial charge < -0.3 is 15.8 Å². The third kappa shape index (κ3) is 4.71. The van der Waals surface area contributed by atoms with Crippen LogP contribution in [0.3, 0.4) is 0 Å². The predicted molar refractivity (Wildman–Crippen MR) is 101 cm³/mol. The summed E-state index contributed by atoms with van der Waals surface area (Å²) in [5.74, 6) is 0.151. The first kappa shape index (κ1) is 20.9. The van der Waals surface area contributed by atoms with Crippen LogP contribution in [0.5, 0.6) is 0 Å². The van der Waals surface area contributed by atoms with Crippen LogP contribution in [-0.4, -0.2) is 31.7 Å². The molecular weight excluding hydrogens is 324 g/mol. The van der Waals surface area contributed by atoms with Gasteiger partial charge in [-0.05, 0) is 36.8 Å². The smallest absolute Gasteiger partial charge is 0.237 e. The Morgan fingerprint density at radius 1 is 1.33 bits per heavy atom. The van der Waals surface area contributed by atoms with Gasteiger partial charge in [-0.3, -0.25) is 4.79 Å². The Kier molecular flexibility index (Phi) is 8.20. The van der Waals surface area contributed by atoms with Gasteiger partial charge in [0, 0.05) is 25.2 Å². The van der Waals surface area contributed by atoms with Gasteiger partial charge >= 0.3 is 0 Å². The second-order valence-electron chi connectivity index (χ2n) is 6.84. The molecule has 1 aromatic rings. The fourth-order valence-corrected chi connectivity index (χ4v) is 3.36. The number of benzene rings is 1. The molecule has 2 rings (SSSR count). The average molecular weight is 355 g/mol. The van der Waals surface area contributed by atoms with E-state index in [4.69, 9.17) is 10.5 Å². The molecule has 1 fully saturated rings. The fourth-order valence-electron chi connectivity index (χ4n) is 3.36. The van der Waals surface area contributed by atoms with E-state index in [0.717, 1.165) is 32.5 Å². The first-order chi connectivity index (χ1) is 11.0. The molecule has 0 bridgehead atoms. The summed E-state index contributed by atoms with van der Waals surface area (Å²) < 4.78 is 5.56. The zero-order valence-corrected chi connectivity index (χ0v) is 15.8. The highest BCUT2D eigenvalue weighted by Gasteiger charge is 2.36. The summed E-state index contributed by atoms with van der Waals surface area (Å²) in [6, 6.07) is 8.02. The normalized spacial score (nSPS) is 19.0. The molecule has 5 heteroatoms.